The monoisotopic (exact) mass is 474 g/mol. The summed E-state index contributed by atoms with van der Waals surface area (Å²) in [6.07, 6.45) is 3.83. The summed E-state index contributed by atoms with van der Waals surface area (Å²) in [5.74, 6) is 0.878. The van der Waals surface area contributed by atoms with E-state index < -0.39 is 0 Å². The topological polar surface area (TPSA) is 48.9 Å². The van der Waals surface area contributed by atoms with E-state index in [0.717, 1.165) is 51.2 Å². The minimum Gasteiger partial charge on any atom is -0.374 e. The first-order valence-corrected chi connectivity index (χ1v) is 9.59. The van der Waals surface area contributed by atoms with Crippen molar-refractivity contribution in [3.05, 3.63) is 35.9 Å². The Bertz CT molecular complexity index is 508. The number of hydrogen-bond donors (Lipinski definition) is 2. The van der Waals surface area contributed by atoms with Gasteiger partial charge in [0.15, 0.2) is 5.96 Å². The summed E-state index contributed by atoms with van der Waals surface area (Å²) in [4.78, 5) is 6.83. The van der Waals surface area contributed by atoms with Crippen LogP contribution < -0.4 is 10.6 Å². The zero-order chi connectivity index (χ0) is 17.9. The fourth-order valence-electron chi connectivity index (χ4n) is 2.94. The first-order valence-electron chi connectivity index (χ1n) is 9.59. The van der Waals surface area contributed by atoms with Gasteiger partial charge in [-0.1, -0.05) is 37.3 Å². The summed E-state index contributed by atoms with van der Waals surface area (Å²) in [7, 11) is 1.82. The zero-order valence-corrected chi connectivity index (χ0v) is 18.7. The Morgan fingerprint density at radius 3 is 2.54 bits per heavy atom. The summed E-state index contributed by atoms with van der Waals surface area (Å²) in [6.45, 7) is 9.09. The van der Waals surface area contributed by atoms with E-state index in [-0.39, 0.29) is 30.1 Å². The lowest BCUT2D eigenvalue weighted by Crippen LogP contribution is -2.42. The van der Waals surface area contributed by atoms with Crippen LogP contribution in [-0.4, -0.2) is 56.7 Å². The second-order valence-electron chi connectivity index (χ2n) is 6.56. The Morgan fingerprint density at radius 2 is 1.92 bits per heavy atom. The lowest BCUT2D eigenvalue weighted by Gasteiger charge is -2.20. The number of rotatable bonds is 11. The molecular formula is C20H35IN4O. The Balaban J connectivity index is 0.00000338. The van der Waals surface area contributed by atoms with Gasteiger partial charge >= 0.3 is 0 Å². The van der Waals surface area contributed by atoms with Crippen LogP contribution in [0, 0.1) is 0 Å². The van der Waals surface area contributed by atoms with Crippen molar-refractivity contribution in [2.75, 3.05) is 39.8 Å². The highest BCUT2D eigenvalue weighted by atomic mass is 127. The van der Waals surface area contributed by atoms with Gasteiger partial charge in [0, 0.05) is 39.3 Å². The molecule has 1 aromatic carbocycles. The van der Waals surface area contributed by atoms with Gasteiger partial charge < -0.3 is 15.4 Å². The van der Waals surface area contributed by atoms with E-state index in [4.69, 9.17) is 4.74 Å². The number of aliphatic imine (C=N–C) groups is 1. The minimum atomic E-state index is 0. The average Bonchev–Trinajstić information content (AvgIpc) is 3.49. The number of ether oxygens (including phenoxy) is 1. The average molecular weight is 474 g/mol. The van der Waals surface area contributed by atoms with E-state index in [0.29, 0.717) is 0 Å². The van der Waals surface area contributed by atoms with Crippen LogP contribution in [0.4, 0.5) is 0 Å². The highest BCUT2D eigenvalue weighted by Crippen LogP contribution is 2.25. The van der Waals surface area contributed by atoms with E-state index >= 15 is 0 Å². The van der Waals surface area contributed by atoms with Gasteiger partial charge in [0.05, 0.1) is 6.10 Å². The van der Waals surface area contributed by atoms with Crippen molar-refractivity contribution in [3.63, 3.8) is 0 Å². The SMILES string of the molecule is CCN(CCNC(=NC)NCCCOC(C)c1ccccc1)C1CC1.I. The number of benzene rings is 1. The first kappa shape index (κ1) is 23.2. The molecule has 26 heavy (non-hydrogen) atoms. The van der Waals surface area contributed by atoms with Crippen LogP contribution in [0.25, 0.3) is 0 Å². The summed E-state index contributed by atoms with van der Waals surface area (Å²) >= 11 is 0. The van der Waals surface area contributed by atoms with Crippen LogP contribution in [0.5, 0.6) is 0 Å². The first-order chi connectivity index (χ1) is 12.2. The smallest absolute Gasteiger partial charge is 0.191 e. The predicted octanol–water partition coefficient (Wildman–Crippen LogP) is 3.42. The highest BCUT2D eigenvalue weighted by Gasteiger charge is 2.27. The van der Waals surface area contributed by atoms with E-state index in [1.807, 2.05) is 13.1 Å². The second-order valence-corrected chi connectivity index (χ2v) is 6.56. The van der Waals surface area contributed by atoms with Gasteiger partial charge in [-0.05, 0) is 38.3 Å². The summed E-state index contributed by atoms with van der Waals surface area (Å²) in [6, 6.07) is 11.2. The number of halogens is 1. The molecule has 1 atom stereocenters. The summed E-state index contributed by atoms with van der Waals surface area (Å²) in [5.41, 5.74) is 1.23. The van der Waals surface area contributed by atoms with Crippen LogP contribution in [0.2, 0.25) is 0 Å². The Kier molecular flexibility index (Phi) is 11.9. The molecule has 1 fully saturated rings. The number of guanidine groups is 1. The second kappa shape index (κ2) is 13.3. The fraction of sp³-hybridized carbons (Fsp3) is 0.650. The van der Waals surface area contributed by atoms with Gasteiger partial charge in [-0.2, -0.15) is 0 Å². The van der Waals surface area contributed by atoms with E-state index in [1.54, 1.807) is 0 Å². The lowest BCUT2D eigenvalue weighted by atomic mass is 10.1. The van der Waals surface area contributed by atoms with Crippen molar-refractivity contribution >= 4 is 29.9 Å². The molecule has 0 radical (unpaired) electrons. The molecule has 1 unspecified atom stereocenters. The van der Waals surface area contributed by atoms with E-state index in [2.05, 4.69) is 58.6 Å². The quantitative estimate of drug-likeness (QED) is 0.223. The number of likely N-dealkylation sites (N-methyl/N-ethyl adjacent to an activating group) is 1. The standard InChI is InChI=1S/C20H34N4O.HI/c1-4-24(19-11-12-19)15-14-23-20(21-3)22-13-8-16-25-17(2)18-9-6-5-7-10-18;/h5-7,9-10,17,19H,4,8,11-16H2,1-3H3,(H2,21,22,23);1H. The summed E-state index contributed by atoms with van der Waals surface area (Å²) < 4.78 is 5.90. The van der Waals surface area contributed by atoms with Crippen LogP contribution in [0.3, 0.4) is 0 Å². The van der Waals surface area contributed by atoms with Crippen LogP contribution in [-0.2, 0) is 4.74 Å². The van der Waals surface area contributed by atoms with Gasteiger partial charge in [0.2, 0.25) is 0 Å². The van der Waals surface area contributed by atoms with Crippen molar-refractivity contribution < 1.29 is 4.74 Å². The normalized spacial score (nSPS) is 15.5. The maximum absolute atomic E-state index is 5.90. The Morgan fingerprint density at radius 1 is 1.23 bits per heavy atom. The molecule has 0 heterocycles. The third kappa shape index (κ3) is 8.68. The molecule has 0 saturated heterocycles. The molecule has 0 spiro atoms. The van der Waals surface area contributed by atoms with Crippen LogP contribution in [0.1, 0.15) is 44.8 Å². The predicted molar refractivity (Wildman–Crippen MR) is 120 cm³/mol. The molecule has 0 bridgehead atoms. The van der Waals surface area contributed by atoms with Crippen molar-refractivity contribution in [2.24, 2.45) is 4.99 Å². The van der Waals surface area contributed by atoms with Gasteiger partial charge in [-0.25, -0.2) is 0 Å². The van der Waals surface area contributed by atoms with E-state index in [1.165, 1.54) is 18.4 Å². The molecule has 2 N–H and O–H groups in total. The lowest BCUT2D eigenvalue weighted by molar-refractivity contribution is 0.0646. The molecule has 2 rings (SSSR count). The summed E-state index contributed by atoms with van der Waals surface area (Å²) in [5, 5.41) is 6.76. The number of hydrogen-bond acceptors (Lipinski definition) is 3. The molecule has 1 aliphatic rings. The molecule has 0 amide bonds. The highest BCUT2D eigenvalue weighted by molar-refractivity contribution is 14.0. The molecule has 1 aliphatic carbocycles. The molecule has 1 aromatic rings. The largest absolute Gasteiger partial charge is 0.374 e. The van der Waals surface area contributed by atoms with Crippen LogP contribution >= 0.6 is 24.0 Å². The fourth-order valence-corrected chi connectivity index (χ4v) is 2.94. The van der Waals surface area contributed by atoms with Gasteiger partial charge in [-0.15, -0.1) is 24.0 Å². The number of nitrogens with one attached hydrogen (secondary N) is 2. The molecular weight excluding hydrogens is 439 g/mol. The molecule has 6 heteroatoms. The third-order valence-electron chi connectivity index (χ3n) is 4.63. The Labute approximate surface area is 176 Å². The van der Waals surface area contributed by atoms with Crippen molar-refractivity contribution in [3.8, 4) is 0 Å². The van der Waals surface area contributed by atoms with Crippen molar-refractivity contribution in [2.45, 2.75) is 45.3 Å². The third-order valence-corrected chi connectivity index (χ3v) is 4.63. The van der Waals surface area contributed by atoms with Gasteiger partial charge in [0.1, 0.15) is 0 Å². The zero-order valence-electron chi connectivity index (χ0n) is 16.4. The van der Waals surface area contributed by atoms with Crippen molar-refractivity contribution in [1.82, 2.24) is 15.5 Å². The van der Waals surface area contributed by atoms with Crippen molar-refractivity contribution in [1.29, 1.82) is 0 Å². The van der Waals surface area contributed by atoms with Gasteiger partial charge in [-0.3, -0.25) is 9.89 Å². The molecule has 1 saturated carbocycles. The number of nitrogens with zero attached hydrogens (tertiary/aromatic N) is 2. The minimum absolute atomic E-state index is 0. The van der Waals surface area contributed by atoms with Gasteiger partial charge in [0.25, 0.3) is 0 Å². The molecule has 5 nitrogen and oxygen atoms in total. The maximum Gasteiger partial charge on any atom is 0.191 e. The van der Waals surface area contributed by atoms with E-state index in [9.17, 15) is 0 Å². The maximum atomic E-state index is 5.90. The Hall–Kier alpha value is -0.860. The van der Waals surface area contributed by atoms with Crippen LogP contribution in [0.15, 0.2) is 35.3 Å². The molecule has 0 aromatic heterocycles. The molecule has 0 aliphatic heterocycles. The molecule has 148 valence electrons.